The van der Waals surface area contributed by atoms with Crippen LogP contribution in [-0.4, -0.2) is 15.7 Å². The van der Waals surface area contributed by atoms with Crippen LogP contribution in [0.5, 0.6) is 0 Å². The molecular formula is C13H7FN4OS. The summed E-state index contributed by atoms with van der Waals surface area (Å²) < 4.78 is 12.9. The molecular weight excluding hydrogens is 279 g/mol. The number of benzene rings is 1. The standard InChI is InChI=1S/C13H7FN4OS/c14-9-3-1-8(2-4-9)11-10(7-16)12(19)18-13(17-11)20-6-5-15/h1-4H,6H2,(H,17,18,19). The number of aromatic nitrogens is 2. The molecule has 0 radical (unpaired) electrons. The molecule has 0 aliphatic rings. The Balaban J connectivity index is 2.58. The van der Waals surface area contributed by atoms with Gasteiger partial charge in [-0.1, -0.05) is 11.8 Å². The molecule has 7 heteroatoms. The molecule has 0 atom stereocenters. The van der Waals surface area contributed by atoms with E-state index in [1.807, 2.05) is 6.07 Å². The Bertz CT molecular complexity index is 771. The number of halogens is 1. The van der Waals surface area contributed by atoms with Gasteiger partial charge in [0.15, 0.2) is 5.16 Å². The molecule has 5 nitrogen and oxygen atoms in total. The third-order valence-electron chi connectivity index (χ3n) is 2.40. The van der Waals surface area contributed by atoms with Crippen LogP contribution >= 0.6 is 11.8 Å². The average molecular weight is 286 g/mol. The Morgan fingerprint density at radius 2 is 2.00 bits per heavy atom. The summed E-state index contributed by atoms with van der Waals surface area (Å²) in [6, 6.07) is 9.03. The van der Waals surface area contributed by atoms with E-state index < -0.39 is 11.4 Å². The van der Waals surface area contributed by atoms with Gasteiger partial charge in [0.25, 0.3) is 5.56 Å². The molecule has 1 heterocycles. The minimum absolute atomic E-state index is 0.123. The minimum Gasteiger partial charge on any atom is -0.300 e. The van der Waals surface area contributed by atoms with Crippen molar-refractivity contribution in [2.75, 3.05) is 5.75 Å². The smallest absolute Gasteiger partial charge is 0.270 e. The first-order valence-electron chi connectivity index (χ1n) is 5.46. The van der Waals surface area contributed by atoms with Gasteiger partial charge in [-0.15, -0.1) is 0 Å². The predicted octanol–water partition coefficient (Wildman–Crippen LogP) is 2.06. The second-order valence-corrected chi connectivity index (χ2v) is 4.62. The van der Waals surface area contributed by atoms with Gasteiger partial charge in [-0.05, 0) is 24.3 Å². The van der Waals surface area contributed by atoms with Crippen LogP contribution in [0.15, 0.2) is 34.2 Å². The van der Waals surface area contributed by atoms with Crippen LogP contribution in [0.2, 0.25) is 0 Å². The molecule has 2 aromatic rings. The van der Waals surface area contributed by atoms with Gasteiger partial charge < -0.3 is 4.98 Å². The van der Waals surface area contributed by atoms with Crippen LogP contribution in [-0.2, 0) is 0 Å². The van der Waals surface area contributed by atoms with E-state index in [0.29, 0.717) is 5.56 Å². The van der Waals surface area contributed by atoms with Gasteiger partial charge in [0, 0.05) is 5.56 Å². The topological polar surface area (TPSA) is 93.3 Å². The molecule has 98 valence electrons. The number of hydrogen-bond acceptors (Lipinski definition) is 5. The zero-order valence-electron chi connectivity index (χ0n) is 10.1. The number of nitrogens with zero attached hydrogens (tertiary/aromatic N) is 3. The molecule has 0 fully saturated rings. The van der Waals surface area contributed by atoms with Crippen LogP contribution in [0, 0.1) is 28.5 Å². The first-order chi connectivity index (χ1) is 9.65. The third kappa shape index (κ3) is 2.85. The van der Waals surface area contributed by atoms with Crippen molar-refractivity contribution in [1.29, 1.82) is 10.5 Å². The number of rotatable bonds is 3. The zero-order chi connectivity index (χ0) is 14.5. The lowest BCUT2D eigenvalue weighted by molar-refractivity contribution is 0.628. The number of H-pyrrole nitrogens is 1. The Morgan fingerprint density at radius 1 is 1.30 bits per heavy atom. The summed E-state index contributed by atoms with van der Waals surface area (Å²) in [5.74, 6) is -0.297. The van der Waals surface area contributed by atoms with Crippen molar-refractivity contribution in [2.45, 2.75) is 5.16 Å². The first kappa shape index (κ1) is 13.8. The molecule has 1 aromatic carbocycles. The molecule has 0 aliphatic carbocycles. The maximum atomic E-state index is 12.9. The average Bonchev–Trinajstić information content (AvgIpc) is 2.45. The van der Waals surface area contributed by atoms with E-state index in [-0.39, 0.29) is 22.2 Å². The van der Waals surface area contributed by atoms with Crippen molar-refractivity contribution in [1.82, 2.24) is 9.97 Å². The van der Waals surface area contributed by atoms with Gasteiger partial charge in [-0.3, -0.25) is 4.79 Å². The van der Waals surface area contributed by atoms with Crippen molar-refractivity contribution < 1.29 is 4.39 Å². The third-order valence-corrected chi connectivity index (χ3v) is 3.14. The summed E-state index contributed by atoms with van der Waals surface area (Å²) in [7, 11) is 0. The highest BCUT2D eigenvalue weighted by atomic mass is 32.2. The molecule has 0 spiro atoms. The molecule has 0 bridgehead atoms. The lowest BCUT2D eigenvalue weighted by atomic mass is 10.1. The highest BCUT2D eigenvalue weighted by Gasteiger charge is 2.13. The largest absolute Gasteiger partial charge is 0.300 e. The quantitative estimate of drug-likeness (QED) is 0.688. The maximum Gasteiger partial charge on any atom is 0.270 e. The Morgan fingerprint density at radius 3 is 2.60 bits per heavy atom. The van der Waals surface area contributed by atoms with E-state index in [2.05, 4.69) is 9.97 Å². The SMILES string of the molecule is N#CCSc1nc(-c2ccc(F)cc2)c(C#N)c(=O)[nH]1. The fraction of sp³-hybridized carbons (Fsp3) is 0.0769. The van der Waals surface area contributed by atoms with Crippen LogP contribution in [0.1, 0.15) is 5.56 Å². The Labute approximate surface area is 117 Å². The summed E-state index contributed by atoms with van der Waals surface area (Å²) in [6.07, 6.45) is 0. The van der Waals surface area contributed by atoms with Crippen molar-refractivity contribution in [3.63, 3.8) is 0 Å². The molecule has 20 heavy (non-hydrogen) atoms. The van der Waals surface area contributed by atoms with Crippen LogP contribution in [0.4, 0.5) is 4.39 Å². The summed E-state index contributed by atoms with van der Waals surface area (Å²) in [5.41, 5.74) is -0.0790. The molecule has 0 saturated heterocycles. The van der Waals surface area contributed by atoms with E-state index in [9.17, 15) is 9.18 Å². The second-order valence-electron chi connectivity index (χ2n) is 3.66. The number of nitrogens with one attached hydrogen (secondary N) is 1. The van der Waals surface area contributed by atoms with Gasteiger partial charge >= 0.3 is 0 Å². The van der Waals surface area contributed by atoms with E-state index in [4.69, 9.17) is 10.5 Å². The second kappa shape index (κ2) is 6.00. The molecule has 0 aliphatic heterocycles. The van der Waals surface area contributed by atoms with E-state index in [1.54, 1.807) is 6.07 Å². The fourth-order valence-corrected chi connectivity index (χ4v) is 2.06. The minimum atomic E-state index is -0.581. The van der Waals surface area contributed by atoms with Crippen LogP contribution < -0.4 is 5.56 Å². The van der Waals surface area contributed by atoms with Crippen molar-refractivity contribution >= 4 is 11.8 Å². The van der Waals surface area contributed by atoms with Crippen LogP contribution in [0.3, 0.4) is 0 Å². The van der Waals surface area contributed by atoms with E-state index in [1.165, 1.54) is 24.3 Å². The number of hydrogen-bond donors (Lipinski definition) is 1. The van der Waals surface area contributed by atoms with Crippen LogP contribution in [0.25, 0.3) is 11.3 Å². The normalized spacial score (nSPS) is 9.75. The summed E-state index contributed by atoms with van der Waals surface area (Å²) >= 11 is 1.05. The maximum absolute atomic E-state index is 12.9. The molecule has 2 rings (SSSR count). The summed E-state index contributed by atoms with van der Waals surface area (Å²) in [4.78, 5) is 18.4. The van der Waals surface area contributed by atoms with Crippen molar-refractivity contribution in [2.24, 2.45) is 0 Å². The first-order valence-corrected chi connectivity index (χ1v) is 6.44. The molecule has 1 N–H and O–H groups in total. The molecule has 0 amide bonds. The molecule has 0 unspecified atom stereocenters. The fourth-order valence-electron chi connectivity index (χ4n) is 1.54. The predicted molar refractivity (Wildman–Crippen MR) is 71.3 cm³/mol. The van der Waals surface area contributed by atoms with Crippen molar-refractivity contribution in [3.05, 3.63) is 46.0 Å². The molecule has 0 saturated carbocycles. The van der Waals surface area contributed by atoms with Gasteiger partial charge in [-0.25, -0.2) is 9.37 Å². The van der Waals surface area contributed by atoms with E-state index >= 15 is 0 Å². The lowest BCUT2D eigenvalue weighted by Gasteiger charge is -2.05. The number of thioether (sulfide) groups is 1. The Hall–Kier alpha value is -2.64. The van der Waals surface area contributed by atoms with Gasteiger partial charge in [0.05, 0.1) is 17.5 Å². The monoisotopic (exact) mass is 286 g/mol. The van der Waals surface area contributed by atoms with Gasteiger partial charge in [0.1, 0.15) is 17.4 Å². The highest BCUT2D eigenvalue weighted by Crippen LogP contribution is 2.21. The van der Waals surface area contributed by atoms with Gasteiger partial charge in [0.2, 0.25) is 0 Å². The van der Waals surface area contributed by atoms with Crippen molar-refractivity contribution in [3.8, 4) is 23.4 Å². The highest BCUT2D eigenvalue weighted by molar-refractivity contribution is 7.99. The number of aromatic amines is 1. The lowest BCUT2D eigenvalue weighted by Crippen LogP contribution is -2.14. The zero-order valence-corrected chi connectivity index (χ0v) is 10.9. The number of nitriles is 2. The van der Waals surface area contributed by atoms with E-state index in [0.717, 1.165) is 11.8 Å². The summed E-state index contributed by atoms with van der Waals surface area (Å²) in [5, 5.41) is 17.8. The summed E-state index contributed by atoms with van der Waals surface area (Å²) in [6.45, 7) is 0. The molecule has 1 aromatic heterocycles. The Kier molecular flexibility index (Phi) is 4.14. The van der Waals surface area contributed by atoms with Gasteiger partial charge in [-0.2, -0.15) is 10.5 Å².